The molecule has 0 radical (unpaired) electrons. The van der Waals surface area contributed by atoms with Crippen molar-refractivity contribution in [1.82, 2.24) is 0 Å². The third-order valence-electron chi connectivity index (χ3n) is 1.36. The van der Waals surface area contributed by atoms with Crippen LogP contribution in [0.3, 0.4) is 0 Å². The Morgan fingerprint density at radius 2 is 1.54 bits per heavy atom. The molecule has 0 atom stereocenters. The van der Waals surface area contributed by atoms with Crippen LogP contribution in [0.1, 0.15) is 10.4 Å². The van der Waals surface area contributed by atoms with Crippen LogP contribution in [-0.4, -0.2) is 11.1 Å². The lowest BCUT2D eigenvalue weighted by Gasteiger charge is -1.95. The van der Waals surface area contributed by atoms with Crippen molar-refractivity contribution in [3.8, 4) is 0 Å². The number of hydrogen-bond donors (Lipinski definition) is 1. The van der Waals surface area contributed by atoms with Gasteiger partial charge in [-0.2, -0.15) is 0 Å². The summed E-state index contributed by atoms with van der Waals surface area (Å²) in [6.07, 6.45) is 0. The quantitative estimate of drug-likeness (QED) is 0.720. The van der Waals surface area contributed by atoms with Gasteiger partial charge in [0.25, 0.3) is 0 Å². The summed E-state index contributed by atoms with van der Waals surface area (Å²) in [5.74, 6) is -1.24. The van der Waals surface area contributed by atoms with E-state index in [2.05, 4.69) is 10.4 Å². The average Bonchev–Trinajstić information content (AvgIpc) is 2.16. The van der Waals surface area contributed by atoms with E-state index in [9.17, 15) is 14.6 Å². The molecule has 13 heavy (non-hydrogen) atoms. The molecule has 0 aromatic heterocycles. The molecule has 1 N–H and O–H groups in total. The fourth-order valence-corrected chi connectivity index (χ4v) is 0.824. The van der Waals surface area contributed by atoms with Crippen LogP contribution >= 0.6 is 0 Å². The van der Waals surface area contributed by atoms with Gasteiger partial charge in [-0.05, 0) is 28.6 Å². The van der Waals surface area contributed by atoms with Gasteiger partial charge in [0.05, 0.1) is 5.56 Å². The van der Waals surface area contributed by atoms with Crippen LogP contribution in [0.25, 0.3) is 0 Å². The number of nitrogens with zero attached hydrogens (tertiary/aromatic N) is 2. The summed E-state index contributed by atoms with van der Waals surface area (Å²) < 4.78 is 0. The van der Waals surface area contributed by atoms with E-state index in [0.29, 0.717) is 0 Å². The van der Waals surface area contributed by atoms with Gasteiger partial charge in [0, 0.05) is 0 Å². The van der Waals surface area contributed by atoms with Crippen LogP contribution < -0.4 is 0 Å². The molecule has 0 saturated carbocycles. The second-order valence-corrected chi connectivity index (χ2v) is 2.23. The predicted molar refractivity (Wildman–Crippen MR) is 44.3 cm³/mol. The molecule has 0 aliphatic rings. The lowest BCUT2D eigenvalue weighted by molar-refractivity contribution is 0.0697. The Balaban J connectivity index is 3.30. The van der Waals surface area contributed by atoms with E-state index in [1.54, 1.807) is 0 Å². The zero-order valence-corrected chi connectivity index (χ0v) is 6.30. The largest absolute Gasteiger partial charge is 0.478 e. The molecule has 0 aliphatic carbocycles. The van der Waals surface area contributed by atoms with Gasteiger partial charge in [0.15, 0.2) is 0 Å². The summed E-state index contributed by atoms with van der Waals surface area (Å²) >= 11 is 0. The highest BCUT2D eigenvalue weighted by atomic mass is 16.4. The van der Waals surface area contributed by atoms with E-state index < -0.39 is 5.97 Å². The third-order valence-corrected chi connectivity index (χ3v) is 1.36. The lowest BCUT2D eigenvalue weighted by Crippen LogP contribution is -1.94. The molecular formula is C7H4N2O4. The topological polar surface area (TPSA) is 96.2 Å². The summed E-state index contributed by atoms with van der Waals surface area (Å²) in [5.41, 5.74) is -0.448. The first-order valence-corrected chi connectivity index (χ1v) is 3.22. The number of aromatic carboxylic acids is 1. The fourth-order valence-electron chi connectivity index (χ4n) is 0.824. The third kappa shape index (κ3) is 1.92. The maximum Gasteiger partial charge on any atom is 0.335 e. The van der Waals surface area contributed by atoms with Gasteiger partial charge in [-0.1, -0.05) is 0 Å². The average molecular weight is 180 g/mol. The number of carboxylic acid groups (broad SMARTS) is 1. The van der Waals surface area contributed by atoms with Crippen molar-refractivity contribution in [1.29, 1.82) is 0 Å². The first kappa shape index (κ1) is 8.98. The molecule has 66 valence electrons. The minimum Gasteiger partial charge on any atom is -0.478 e. The van der Waals surface area contributed by atoms with Gasteiger partial charge in [-0.25, -0.2) is 4.79 Å². The Morgan fingerprint density at radius 1 is 1.08 bits per heavy atom. The molecule has 0 aliphatic heterocycles. The normalized spacial score (nSPS) is 9.23. The molecule has 0 spiro atoms. The second kappa shape index (κ2) is 3.53. The minimum absolute atomic E-state index is 0.130. The fraction of sp³-hybridized carbons (Fsp3) is 0. The second-order valence-electron chi connectivity index (χ2n) is 2.23. The highest BCUT2D eigenvalue weighted by molar-refractivity contribution is 5.89. The van der Waals surface area contributed by atoms with Crippen molar-refractivity contribution in [2.75, 3.05) is 0 Å². The van der Waals surface area contributed by atoms with Crippen LogP contribution in [0, 0.1) is 9.81 Å². The summed E-state index contributed by atoms with van der Waals surface area (Å²) in [5, 5.41) is 13.6. The van der Waals surface area contributed by atoms with Gasteiger partial charge >= 0.3 is 5.97 Å². The zero-order chi connectivity index (χ0) is 9.84. The van der Waals surface area contributed by atoms with Gasteiger partial charge < -0.3 is 5.11 Å². The number of carbonyl (C=O) groups is 1. The van der Waals surface area contributed by atoms with Gasteiger partial charge in [-0.15, -0.1) is 9.81 Å². The number of rotatable bonds is 3. The molecule has 1 rings (SSSR count). The van der Waals surface area contributed by atoms with Gasteiger partial charge in [-0.3, -0.25) is 0 Å². The molecular weight excluding hydrogens is 176 g/mol. The molecule has 6 heteroatoms. The maximum atomic E-state index is 10.4. The van der Waals surface area contributed by atoms with E-state index in [1.165, 1.54) is 0 Å². The minimum atomic E-state index is -1.24. The summed E-state index contributed by atoms with van der Waals surface area (Å²) in [4.78, 5) is 30.6. The molecule has 1 aromatic carbocycles. The summed E-state index contributed by atoms with van der Waals surface area (Å²) in [6.45, 7) is 0. The Bertz CT molecular complexity index is 349. The van der Waals surface area contributed by atoms with Crippen molar-refractivity contribution < 1.29 is 9.90 Å². The van der Waals surface area contributed by atoms with E-state index >= 15 is 0 Å². The first-order chi connectivity index (χ1) is 6.17. The van der Waals surface area contributed by atoms with Gasteiger partial charge in [0.1, 0.15) is 11.4 Å². The summed E-state index contributed by atoms with van der Waals surface area (Å²) in [6, 6.07) is 3.22. The van der Waals surface area contributed by atoms with Crippen molar-refractivity contribution in [3.63, 3.8) is 0 Å². The first-order valence-electron chi connectivity index (χ1n) is 3.22. The summed E-state index contributed by atoms with van der Waals surface area (Å²) in [7, 11) is 0. The number of carboxylic acids is 1. The SMILES string of the molecule is O=Nc1cc(N=O)cc(C(=O)O)c1. The van der Waals surface area contributed by atoms with Crippen LogP contribution in [0.4, 0.5) is 11.4 Å². The van der Waals surface area contributed by atoms with Crippen molar-refractivity contribution in [3.05, 3.63) is 33.6 Å². The highest BCUT2D eigenvalue weighted by Crippen LogP contribution is 2.23. The van der Waals surface area contributed by atoms with Crippen LogP contribution in [0.5, 0.6) is 0 Å². The molecule has 6 nitrogen and oxygen atoms in total. The Morgan fingerprint density at radius 3 is 1.85 bits per heavy atom. The monoisotopic (exact) mass is 180 g/mol. The van der Waals surface area contributed by atoms with E-state index in [0.717, 1.165) is 18.2 Å². The smallest absolute Gasteiger partial charge is 0.335 e. The Labute approximate surface area is 72.1 Å². The predicted octanol–water partition coefficient (Wildman–Crippen LogP) is 2.18. The standard InChI is InChI=1S/C7H4N2O4/c10-7(11)4-1-5(8-12)3-6(2-4)9-13/h1-3H,(H,10,11). The van der Waals surface area contributed by atoms with Crippen LogP contribution in [0.2, 0.25) is 0 Å². The number of benzene rings is 1. The molecule has 0 fully saturated rings. The van der Waals surface area contributed by atoms with Gasteiger partial charge in [0.2, 0.25) is 0 Å². The molecule has 1 aromatic rings. The van der Waals surface area contributed by atoms with Crippen molar-refractivity contribution in [2.45, 2.75) is 0 Å². The molecule has 0 heterocycles. The van der Waals surface area contributed by atoms with Crippen LogP contribution in [0.15, 0.2) is 28.6 Å². The number of hydrogen-bond acceptors (Lipinski definition) is 5. The molecule has 0 saturated heterocycles. The lowest BCUT2D eigenvalue weighted by atomic mass is 10.2. The molecule has 0 unspecified atom stereocenters. The van der Waals surface area contributed by atoms with Crippen molar-refractivity contribution in [2.24, 2.45) is 10.4 Å². The number of nitroso groups, excluding NO2 is 2. The van der Waals surface area contributed by atoms with Crippen LogP contribution in [-0.2, 0) is 0 Å². The highest BCUT2D eigenvalue weighted by Gasteiger charge is 2.07. The Kier molecular flexibility index (Phi) is 2.44. The Hall–Kier alpha value is -2.11. The maximum absolute atomic E-state index is 10.4. The van der Waals surface area contributed by atoms with E-state index in [4.69, 9.17) is 5.11 Å². The van der Waals surface area contributed by atoms with E-state index in [-0.39, 0.29) is 16.9 Å². The molecule has 0 amide bonds. The molecule has 0 bridgehead atoms. The van der Waals surface area contributed by atoms with Crippen molar-refractivity contribution >= 4 is 17.3 Å². The zero-order valence-electron chi connectivity index (χ0n) is 6.30. The van der Waals surface area contributed by atoms with E-state index in [1.807, 2.05) is 0 Å².